The smallest absolute Gasteiger partial charge is 0.228 e. The van der Waals surface area contributed by atoms with E-state index in [4.69, 9.17) is 9.26 Å². The van der Waals surface area contributed by atoms with Gasteiger partial charge in [-0.1, -0.05) is 29.4 Å². The minimum absolute atomic E-state index is 0.187. The first kappa shape index (κ1) is 14.7. The SMILES string of the molecule is CNC(COC)Cc1nc(Cc2ccccc2C)no1. The van der Waals surface area contributed by atoms with Gasteiger partial charge in [0.05, 0.1) is 6.61 Å². The zero-order chi connectivity index (χ0) is 14.4. The van der Waals surface area contributed by atoms with E-state index >= 15 is 0 Å². The van der Waals surface area contributed by atoms with E-state index < -0.39 is 0 Å². The number of methoxy groups -OCH3 is 1. The van der Waals surface area contributed by atoms with E-state index in [9.17, 15) is 0 Å². The number of nitrogens with one attached hydrogen (secondary N) is 1. The summed E-state index contributed by atoms with van der Waals surface area (Å²) in [5.74, 6) is 1.37. The predicted octanol–water partition coefficient (Wildman–Crippen LogP) is 1.75. The summed E-state index contributed by atoms with van der Waals surface area (Å²) in [4.78, 5) is 4.44. The van der Waals surface area contributed by atoms with Gasteiger partial charge in [-0.15, -0.1) is 0 Å². The number of ether oxygens (including phenoxy) is 1. The molecule has 0 aliphatic rings. The van der Waals surface area contributed by atoms with Crippen molar-refractivity contribution in [3.05, 3.63) is 47.1 Å². The molecule has 1 N–H and O–H groups in total. The minimum atomic E-state index is 0.187. The van der Waals surface area contributed by atoms with Gasteiger partial charge >= 0.3 is 0 Å². The normalized spacial score (nSPS) is 12.6. The number of rotatable bonds is 7. The molecule has 5 heteroatoms. The second-order valence-electron chi connectivity index (χ2n) is 4.85. The van der Waals surface area contributed by atoms with Crippen molar-refractivity contribution in [1.29, 1.82) is 0 Å². The van der Waals surface area contributed by atoms with Crippen LogP contribution in [0, 0.1) is 6.92 Å². The fourth-order valence-electron chi connectivity index (χ4n) is 2.08. The molecule has 2 aromatic rings. The molecule has 1 aromatic carbocycles. The Labute approximate surface area is 119 Å². The molecule has 108 valence electrons. The van der Waals surface area contributed by atoms with Crippen molar-refractivity contribution in [3.63, 3.8) is 0 Å². The van der Waals surface area contributed by atoms with Gasteiger partial charge < -0.3 is 14.6 Å². The van der Waals surface area contributed by atoms with Gasteiger partial charge in [0.1, 0.15) is 0 Å². The number of aryl methyl sites for hydroxylation is 1. The van der Waals surface area contributed by atoms with Crippen LogP contribution in [0.2, 0.25) is 0 Å². The fraction of sp³-hybridized carbons (Fsp3) is 0.467. The molecule has 1 atom stereocenters. The van der Waals surface area contributed by atoms with E-state index in [0.717, 1.165) is 5.82 Å². The topological polar surface area (TPSA) is 60.2 Å². The lowest BCUT2D eigenvalue weighted by atomic mass is 10.1. The highest BCUT2D eigenvalue weighted by molar-refractivity contribution is 5.27. The number of benzene rings is 1. The zero-order valence-corrected chi connectivity index (χ0v) is 12.2. The Morgan fingerprint density at radius 3 is 2.85 bits per heavy atom. The van der Waals surface area contributed by atoms with Crippen LogP contribution in [0.4, 0.5) is 0 Å². The van der Waals surface area contributed by atoms with Crippen molar-refractivity contribution < 1.29 is 9.26 Å². The molecule has 0 saturated heterocycles. The molecule has 0 spiro atoms. The monoisotopic (exact) mass is 275 g/mol. The lowest BCUT2D eigenvalue weighted by Crippen LogP contribution is -2.32. The van der Waals surface area contributed by atoms with Crippen LogP contribution < -0.4 is 5.32 Å². The van der Waals surface area contributed by atoms with Gasteiger partial charge in [-0.25, -0.2) is 0 Å². The first-order chi connectivity index (χ1) is 9.72. The molecule has 0 fully saturated rings. The van der Waals surface area contributed by atoms with Gasteiger partial charge in [-0.2, -0.15) is 4.98 Å². The maximum absolute atomic E-state index is 5.30. The molecule has 0 bridgehead atoms. The molecule has 0 radical (unpaired) electrons. The predicted molar refractivity (Wildman–Crippen MR) is 76.7 cm³/mol. The summed E-state index contributed by atoms with van der Waals surface area (Å²) in [5.41, 5.74) is 2.47. The zero-order valence-electron chi connectivity index (χ0n) is 12.2. The molecule has 0 saturated carbocycles. The Bertz CT molecular complexity index is 539. The Kier molecular flexibility index (Phi) is 5.26. The van der Waals surface area contributed by atoms with Crippen molar-refractivity contribution >= 4 is 0 Å². The second kappa shape index (κ2) is 7.17. The average molecular weight is 275 g/mol. The summed E-state index contributed by atoms with van der Waals surface area (Å²) in [6.45, 7) is 2.71. The van der Waals surface area contributed by atoms with Crippen molar-refractivity contribution in [3.8, 4) is 0 Å². The van der Waals surface area contributed by atoms with Crippen LogP contribution in [-0.4, -0.2) is 36.9 Å². The molecular formula is C15H21N3O2. The lowest BCUT2D eigenvalue weighted by molar-refractivity contribution is 0.165. The first-order valence-electron chi connectivity index (χ1n) is 6.75. The summed E-state index contributed by atoms with van der Waals surface area (Å²) < 4.78 is 10.4. The van der Waals surface area contributed by atoms with Crippen LogP contribution in [0.25, 0.3) is 0 Å². The van der Waals surface area contributed by atoms with E-state index in [1.54, 1.807) is 7.11 Å². The van der Waals surface area contributed by atoms with Gasteiger partial charge in [-0.3, -0.25) is 0 Å². The fourth-order valence-corrected chi connectivity index (χ4v) is 2.08. The number of nitrogens with zero attached hydrogens (tertiary/aromatic N) is 2. The molecule has 0 aliphatic carbocycles. The molecule has 1 aromatic heterocycles. The quantitative estimate of drug-likeness (QED) is 0.834. The highest BCUT2D eigenvalue weighted by Crippen LogP contribution is 2.12. The summed E-state index contributed by atoms with van der Waals surface area (Å²) >= 11 is 0. The first-order valence-corrected chi connectivity index (χ1v) is 6.75. The summed E-state index contributed by atoms with van der Waals surface area (Å²) in [6.07, 6.45) is 1.37. The number of likely N-dealkylation sites (N-methyl/N-ethyl adjacent to an activating group) is 1. The molecule has 0 amide bonds. The van der Waals surface area contributed by atoms with E-state index in [1.807, 2.05) is 19.2 Å². The largest absolute Gasteiger partial charge is 0.383 e. The Hall–Kier alpha value is -1.72. The molecule has 0 aliphatic heterocycles. The second-order valence-corrected chi connectivity index (χ2v) is 4.85. The molecule has 2 rings (SSSR count). The standard InChI is InChI=1S/C15H21N3O2/c1-11-6-4-5-7-12(11)8-14-17-15(20-18-14)9-13(16-2)10-19-3/h4-7,13,16H,8-10H2,1-3H3. The van der Waals surface area contributed by atoms with E-state index in [2.05, 4.69) is 34.5 Å². The molecule has 1 unspecified atom stereocenters. The van der Waals surface area contributed by atoms with Crippen molar-refractivity contribution in [2.24, 2.45) is 0 Å². The van der Waals surface area contributed by atoms with Crippen LogP contribution in [-0.2, 0) is 17.6 Å². The van der Waals surface area contributed by atoms with E-state index in [-0.39, 0.29) is 6.04 Å². The third-order valence-electron chi connectivity index (χ3n) is 3.32. The average Bonchev–Trinajstić information content (AvgIpc) is 2.88. The van der Waals surface area contributed by atoms with E-state index in [0.29, 0.717) is 25.3 Å². The Morgan fingerprint density at radius 1 is 1.35 bits per heavy atom. The molecule has 1 heterocycles. The lowest BCUT2D eigenvalue weighted by Gasteiger charge is -2.11. The summed E-state index contributed by atoms with van der Waals surface area (Å²) in [7, 11) is 3.58. The van der Waals surface area contributed by atoms with Crippen molar-refractivity contribution in [2.45, 2.75) is 25.8 Å². The summed E-state index contributed by atoms with van der Waals surface area (Å²) in [5, 5.41) is 7.21. The maximum atomic E-state index is 5.30. The molecule has 5 nitrogen and oxygen atoms in total. The Morgan fingerprint density at radius 2 is 2.15 bits per heavy atom. The van der Waals surface area contributed by atoms with Crippen molar-refractivity contribution in [2.75, 3.05) is 20.8 Å². The highest BCUT2D eigenvalue weighted by Gasteiger charge is 2.13. The van der Waals surface area contributed by atoms with Crippen LogP contribution in [0.15, 0.2) is 28.8 Å². The number of aromatic nitrogens is 2. The van der Waals surface area contributed by atoms with Gasteiger partial charge in [0.25, 0.3) is 0 Å². The van der Waals surface area contributed by atoms with Gasteiger partial charge in [-0.05, 0) is 25.1 Å². The van der Waals surface area contributed by atoms with Gasteiger partial charge in [0.2, 0.25) is 5.89 Å². The van der Waals surface area contributed by atoms with Gasteiger partial charge in [0.15, 0.2) is 5.82 Å². The van der Waals surface area contributed by atoms with E-state index in [1.165, 1.54) is 11.1 Å². The highest BCUT2D eigenvalue weighted by atomic mass is 16.5. The van der Waals surface area contributed by atoms with Crippen LogP contribution in [0.3, 0.4) is 0 Å². The Balaban J connectivity index is 2.00. The molecule has 20 heavy (non-hydrogen) atoms. The van der Waals surface area contributed by atoms with Crippen molar-refractivity contribution in [1.82, 2.24) is 15.5 Å². The van der Waals surface area contributed by atoms with Crippen LogP contribution in [0.5, 0.6) is 0 Å². The third-order valence-corrected chi connectivity index (χ3v) is 3.32. The number of hydrogen-bond acceptors (Lipinski definition) is 5. The third kappa shape index (κ3) is 3.88. The molecular weight excluding hydrogens is 254 g/mol. The number of hydrogen-bond donors (Lipinski definition) is 1. The maximum Gasteiger partial charge on any atom is 0.228 e. The van der Waals surface area contributed by atoms with Gasteiger partial charge in [0, 0.05) is 26.0 Å². The van der Waals surface area contributed by atoms with Crippen LogP contribution in [0.1, 0.15) is 22.8 Å². The van der Waals surface area contributed by atoms with Crippen LogP contribution >= 0.6 is 0 Å². The minimum Gasteiger partial charge on any atom is -0.383 e. The summed E-state index contributed by atoms with van der Waals surface area (Å²) in [6, 6.07) is 8.42.